The van der Waals surface area contributed by atoms with Crippen molar-refractivity contribution < 1.29 is 0 Å². The molecule has 0 aliphatic carbocycles. The lowest BCUT2D eigenvalue weighted by molar-refractivity contribution is 0.582. The number of hydrogen-bond acceptors (Lipinski definition) is 1. The lowest BCUT2D eigenvalue weighted by Crippen LogP contribution is -2.10. The molecule has 2 aromatic rings. The summed E-state index contributed by atoms with van der Waals surface area (Å²) in [7, 11) is 2.11. The van der Waals surface area contributed by atoms with Gasteiger partial charge in [-0.05, 0) is 59.4 Å². The summed E-state index contributed by atoms with van der Waals surface area (Å²) < 4.78 is 3.41. The standard InChI is InChI=1S/C14H17BrN2/c1-17-9-12(15)14-11(3-2-4-13(14)17)7-10-5-6-16-8-10/h2-4,9-10,16H,5-8H2,1H3. The first-order chi connectivity index (χ1) is 8.25. The monoisotopic (exact) mass is 292 g/mol. The highest BCUT2D eigenvalue weighted by Gasteiger charge is 2.17. The van der Waals surface area contributed by atoms with Crippen molar-refractivity contribution >= 4 is 26.8 Å². The fourth-order valence-corrected chi connectivity index (χ4v) is 3.60. The Morgan fingerprint density at radius 1 is 1.47 bits per heavy atom. The van der Waals surface area contributed by atoms with Crippen molar-refractivity contribution in [1.29, 1.82) is 0 Å². The zero-order valence-corrected chi connectivity index (χ0v) is 11.6. The van der Waals surface area contributed by atoms with E-state index in [2.05, 4.69) is 57.3 Å². The Morgan fingerprint density at radius 3 is 3.12 bits per heavy atom. The van der Waals surface area contributed by atoms with Gasteiger partial charge < -0.3 is 9.88 Å². The molecule has 0 amide bonds. The average molecular weight is 293 g/mol. The maximum Gasteiger partial charge on any atom is 0.0492 e. The molecule has 17 heavy (non-hydrogen) atoms. The molecule has 0 saturated carbocycles. The maximum atomic E-state index is 3.68. The number of aryl methyl sites for hydroxylation is 1. The normalized spacial score (nSPS) is 20.2. The van der Waals surface area contributed by atoms with E-state index in [1.54, 1.807) is 0 Å². The van der Waals surface area contributed by atoms with Crippen LogP contribution in [-0.2, 0) is 13.5 Å². The molecule has 90 valence electrons. The largest absolute Gasteiger partial charge is 0.349 e. The fraction of sp³-hybridized carbons (Fsp3) is 0.429. The molecule has 1 fully saturated rings. The van der Waals surface area contributed by atoms with Crippen LogP contribution in [0, 0.1) is 5.92 Å². The molecule has 1 aliphatic rings. The highest BCUT2D eigenvalue weighted by atomic mass is 79.9. The summed E-state index contributed by atoms with van der Waals surface area (Å²) in [5.41, 5.74) is 2.80. The highest BCUT2D eigenvalue weighted by Crippen LogP contribution is 2.30. The van der Waals surface area contributed by atoms with Crippen LogP contribution in [0.4, 0.5) is 0 Å². The van der Waals surface area contributed by atoms with Crippen molar-refractivity contribution in [3.05, 3.63) is 34.4 Å². The third-order valence-electron chi connectivity index (χ3n) is 3.73. The summed E-state index contributed by atoms with van der Waals surface area (Å²) in [6, 6.07) is 6.63. The van der Waals surface area contributed by atoms with E-state index in [0.717, 1.165) is 5.92 Å². The second-order valence-corrected chi connectivity index (χ2v) is 5.82. The number of aromatic nitrogens is 1. The van der Waals surface area contributed by atoms with Gasteiger partial charge in [-0.2, -0.15) is 0 Å². The van der Waals surface area contributed by atoms with Crippen molar-refractivity contribution in [2.45, 2.75) is 12.8 Å². The first kappa shape index (κ1) is 11.3. The molecule has 0 bridgehead atoms. The van der Waals surface area contributed by atoms with Crippen molar-refractivity contribution in [1.82, 2.24) is 9.88 Å². The number of fused-ring (bicyclic) bond motifs is 1. The second kappa shape index (κ2) is 4.46. The molecular weight excluding hydrogens is 276 g/mol. The van der Waals surface area contributed by atoms with E-state index >= 15 is 0 Å². The van der Waals surface area contributed by atoms with Gasteiger partial charge in [0.2, 0.25) is 0 Å². The first-order valence-electron chi connectivity index (χ1n) is 6.19. The Bertz CT molecular complexity index is 538. The van der Waals surface area contributed by atoms with Crippen LogP contribution in [0.5, 0.6) is 0 Å². The molecule has 0 radical (unpaired) electrons. The zero-order valence-electron chi connectivity index (χ0n) is 10.0. The van der Waals surface area contributed by atoms with E-state index in [-0.39, 0.29) is 0 Å². The summed E-state index contributed by atoms with van der Waals surface area (Å²) in [6.45, 7) is 2.34. The molecule has 1 unspecified atom stereocenters. The first-order valence-corrected chi connectivity index (χ1v) is 6.98. The summed E-state index contributed by atoms with van der Waals surface area (Å²) in [4.78, 5) is 0. The van der Waals surface area contributed by atoms with E-state index in [0.29, 0.717) is 0 Å². The van der Waals surface area contributed by atoms with Gasteiger partial charge in [-0.3, -0.25) is 0 Å². The maximum absolute atomic E-state index is 3.68. The lowest BCUT2D eigenvalue weighted by atomic mass is 9.96. The van der Waals surface area contributed by atoms with Gasteiger partial charge in [-0.25, -0.2) is 0 Å². The summed E-state index contributed by atoms with van der Waals surface area (Å²) >= 11 is 3.68. The van der Waals surface area contributed by atoms with Crippen molar-refractivity contribution in [3.63, 3.8) is 0 Å². The minimum atomic E-state index is 0.799. The summed E-state index contributed by atoms with van der Waals surface area (Å²) in [5, 5.41) is 4.83. The van der Waals surface area contributed by atoms with E-state index in [1.165, 1.54) is 46.9 Å². The molecular formula is C14H17BrN2. The van der Waals surface area contributed by atoms with Crippen LogP contribution < -0.4 is 5.32 Å². The van der Waals surface area contributed by atoms with Gasteiger partial charge >= 0.3 is 0 Å². The molecule has 1 aromatic heterocycles. The molecule has 2 nitrogen and oxygen atoms in total. The molecule has 1 atom stereocenters. The van der Waals surface area contributed by atoms with Gasteiger partial charge in [0.1, 0.15) is 0 Å². The molecule has 1 N–H and O–H groups in total. The average Bonchev–Trinajstić information content (AvgIpc) is 2.90. The lowest BCUT2D eigenvalue weighted by Gasteiger charge is -2.10. The molecule has 0 spiro atoms. The van der Waals surface area contributed by atoms with E-state index in [1.807, 2.05) is 0 Å². The Hall–Kier alpha value is -0.800. The SMILES string of the molecule is Cn1cc(Br)c2c(CC3CCNC3)cccc21. The van der Waals surface area contributed by atoms with Gasteiger partial charge in [-0.15, -0.1) is 0 Å². The van der Waals surface area contributed by atoms with E-state index < -0.39 is 0 Å². The van der Waals surface area contributed by atoms with E-state index in [4.69, 9.17) is 0 Å². The summed E-state index contributed by atoms with van der Waals surface area (Å²) in [5.74, 6) is 0.799. The second-order valence-electron chi connectivity index (χ2n) is 4.96. The number of halogens is 1. The molecule has 3 rings (SSSR count). The number of nitrogens with one attached hydrogen (secondary N) is 1. The Balaban J connectivity index is 2.03. The Morgan fingerprint density at radius 2 is 2.35 bits per heavy atom. The van der Waals surface area contributed by atoms with Crippen LogP contribution in [0.3, 0.4) is 0 Å². The van der Waals surface area contributed by atoms with Crippen LogP contribution in [0.1, 0.15) is 12.0 Å². The smallest absolute Gasteiger partial charge is 0.0492 e. The van der Waals surface area contributed by atoms with E-state index in [9.17, 15) is 0 Å². The minimum Gasteiger partial charge on any atom is -0.349 e. The predicted molar refractivity (Wildman–Crippen MR) is 75.3 cm³/mol. The predicted octanol–water partition coefficient (Wildman–Crippen LogP) is 3.09. The molecule has 1 aromatic carbocycles. The highest BCUT2D eigenvalue weighted by molar-refractivity contribution is 9.10. The molecule has 2 heterocycles. The Labute approximate surface area is 110 Å². The topological polar surface area (TPSA) is 17.0 Å². The van der Waals surface area contributed by atoms with Crippen molar-refractivity contribution in [2.24, 2.45) is 13.0 Å². The van der Waals surface area contributed by atoms with Gasteiger partial charge in [0, 0.05) is 28.6 Å². The van der Waals surface area contributed by atoms with Gasteiger partial charge in [0.15, 0.2) is 0 Å². The van der Waals surface area contributed by atoms with Crippen molar-refractivity contribution in [3.8, 4) is 0 Å². The van der Waals surface area contributed by atoms with Gasteiger partial charge in [0.25, 0.3) is 0 Å². The van der Waals surface area contributed by atoms with Crippen LogP contribution in [0.25, 0.3) is 10.9 Å². The molecule has 1 saturated heterocycles. The van der Waals surface area contributed by atoms with Crippen molar-refractivity contribution in [2.75, 3.05) is 13.1 Å². The van der Waals surface area contributed by atoms with Crippen LogP contribution in [0.2, 0.25) is 0 Å². The van der Waals surface area contributed by atoms with Crippen LogP contribution >= 0.6 is 15.9 Å². The number of nitrogens with zero attached hydrogens (tertiary/aromatic N) is 1. The number of benzene rings is 1. The third kappa shape index (κ3) is 2.02. The van der Waals surface area contributed by atoms with Crippen LogP contribution in [-0.4, -0.2) is 17.7 Å². The quantitative estimate of drug-likeness (QED) is 0.900. The Kier molecular flexibility index (Phi) is 2.97. The summed E-state index contributed by atoms with van der Waals surface area (Å²) in [6.07, 6.45) is 4.65. The number of rotatable bonds is 2. The third-order valence-corrected chi connectivity index (χ3v) is 4.33. The van der Waals surface area contributed by atoms with Crippen LogP contribution in [0.15, 0.2) is 28.9 Å². The minimum absolute atomic E-state index is 0.799. The van der Waals surface area contributed by atoms with Gasteiger partial charge in [-0.1, -0.05) is 12.1 Å². The van der Waals surface area contributed by atoms with Gasteiger partial charge in [0.05, 0.1) is 0 Å². The fourth-order valence-electron chi connectivity index (χ4n) is 2.83. The molecule has 1 aliphatic heterocycles. The molecule has 3 heteroatoms. The zero-order chi connectivity index (χ0) is 11.8. The number of hydrogen-bond donors (Lipinski definition) is 1.